The van der Waals surface area contributed by atoms with Gasteiger partial charge in [-0.3, -0.25) is 19.4 Å². The van der Waals surface area contributed by atoms with Gasteiger partial charge in [0.25, 0.3) is 0 Å². The summed E-state index contributed by atoms with van der Waals surface area (Å²) in [4.78, 5) is 31.0. The fourth-order valence-corrected chi connectivity index (χ4v) is 4.35. The Bertz CT molecular complexity index is 643. The van der Waals surface area contributed by atoms with Crippen LogP contribution in [0.1, 0.15) is 16.2 Å². The summed E-state index contributed by atoms with van der Waals surface area (Å²) in [6.45, 7) is 5.43. The average molecular weight is 407 g/mol. The topological polar surface area (TPSA) is 64.7 Å². The number of hydrogen-bond acceptors (Lipinski definition) is 6. The van der Waals surface area contributed by atoms with E-state index in [0.29, 0.717) is 26.2 Å². The van der Waals surface area contributed by atoms with Crippen LogP contribution in [0.5, 0.6) is 0 Å². The van der Waals surface area contributed by atoms with E-state index in [9.17, 15) is 9.59 Å². The molecule has 2 aromatic heterocycles. The SMILES string of the molecule is O=C(CN1CCCN(CC(=O)NCc2cccs2)CC1)NCc1cccs1. The first-order chi connectivity index (χ1) is 13.2. The minimum Gasteiger partial charge on any atom is -0.350 e. The van der Waals surface area contributed by atoms with E-state index in [1.165, 1.54) is 9.75 Å². The lowest BCUT2D eigenvalue weighted by Crippen LogP contribution is -2.41. The van der Waals surface area contributed by atoms with Gasteiger partial charge in [0.15, 0.2) is 0 Å². The zero-order chi connectivity index (χ0) is 18.9. The summed E-state index contributed by atoms with van der Waals surface area (Å²) in [5, 5.41) is 9.99. The molecule has 0 radical (unpaired) electrons. The van der Waals surface area contributed by atoms with E-state index in [1.54, 1.807) is 22.7 Å². The number of thiophene rings is 2. The maximum atomic E-state index is 12.2. The molecule has 0 spiro atoms. The van der Waals surface area contributed by atoms with Crippen molar-refractivity contribution in [3.05, 3.63) is 44.8 Å². The molecule has 2 N–H and O–H groups in total. The zero-order valence-corrected chi connectivity index (χ0v) is 17.0. The van der Waals surface area contributed by atoms with Crippen LogP contribution in [0.25, 0.3) is 0 Å². The van der Waals surface area contributed by atoms with Crippen LogP contribution in [0.3, 0.4) is 0 Å². The Hall–Kier alpha value is -1.74. The lowest BCUT2D eigenvalue weighted by atomic mass is 10.3. The first-order valence-corrected chi connectivity index (χ1v) is 11.0. The molecule has 146 valence electrons. The summed E-state index contributed by atoms with van der Waals surface area (Å²) < 4.78 is 0. The zero-order valence-electron chi connectivity index (χ0n) is 15.4. The van der Waals surface area contributed by atoms with Gasteiger partial charge in [-0.1, -0.05) is 12.1 Å². The molecule has 1 aliphatic heterocycles. The molecule has 1 fully saturated rings. The van der Waals surface area contributed by atoms with Crippen molar-refractivity contribution in [1.82, 2.24) is 20.4 Å². The molecule has 0 aliphatic carbocycles. The number of rotatable bonds is 8. The number of hydrogen-bond donors (Lipinski definition) is 2. The van der Waals surface area contributed by atoms with Crippen LogP contribution in [0.15, 0.2) is 35.0 Å². The summed E-state index contributed by atoms with van der Waals surface area (Å²) in [7, 11) is 0. The van der Waals surface area contributed by atoms with Gasteiger partial charge in [-0.25, -0.2) is 0 Å². The second-order valence-corrected chi connectivity index (χ2v) is 8.68. The summed E-state index contributed by atoms with van der Waals surface area (Å²) in [6, 6.07) is 8.04. The molecule has 0 saturated carbocycles. The molecule has 6 nitrogen and oxygen atoms in total. The minimum absolute atomic E-state index is 0.0607. The molecule has 2 aromatic rings. The summed E-state index contributed by atoms with van der Waals surface area (Å²) in [5.41, 5.74) is 0. The average Bonchev–Trinajstić information content (AvgIpc) is 3.32. The predicted molar refractivity (Wildman–Crippen MR) is 110 cm³/mol. The van der Waals surface area contributed by atoms with Crippen molar-refractivity contribution in [2.45, 2.75) is 19.5 Å². The van der Waals surface area contributed by atoms with E-state index in [-0.39, 0.29) is 11.8 Å². The molecule has 3 heterocycles. The Labute approximate surface area is 168 Å². The Morgan fingerprint density at radius 3 is 1.70 bits per heavy atom. The molecule has 1 saturated heterocycles. The highest BCUT2D eigenvalue weighted by Gasteiger charge is 2.18. The van der Waals surface area contributed by atoms with Crippen molar-refractivity contribution in [3.63, 3.8) is 0 Å². The second-order valence-electron chi connectivity index (χ2n) is 6.62. The fourth-order valence-electron chi connectivity index (χ4n) is 3.06. The smallest absolute Gasteiger partial charge is 0.234 e. The highest BCUT2D eigenvalue weighted by molar-refractivity contribution is 7.10. The van der Waals surface area contributed by atoms with Crippen molar-refractivity contribution >= 4 is 34.5 Å². The van der Waals surface area contributed by atoms with Gasteiger partial charge in [-0.05, 0) is 42.4 Å². The standard InChI is InChI=1S/C19H26N4O2S2/c24-18(20-12-16-4-1-10-26-16)14-22-6-3-7-23(9-8-22)15-19(25)21-13-17-5-2-11-27-17/h1-2,4-5,10-11H,3,6-9,12-15H2,(H,20,24)(H,21,25). The molecule has 3 rings (SSSR count). The van der Waals surface area contributed by atoms with Crippen LogP contribution in [-0.2, 0) is 22.7 Å². The van der Waals surface area contributed by atoms with Crippen molar-refractivity contribution in [2.75, 3.05) is 39.3 Å². The Kier molecular flexibility index (Phi) is 7.82. The van der Waals surface area contributed by atoms with Crippen LogP contribution < -0.4 is 10.6 Å². The lowest BCUT2D eigenvalue weighted by molar-refractivity contribution is -0.123. The van der Waals surface area contributed by atoms with E-state index in [0.717, 1.165) is 32.6 Å². The van der Waals surface area contributed by atoms with Gasteiger partial charge in [0, 0.05) is 22.8 Å². The van der Waals surface area contributed by atoms with Crippen molar-refractivity contribution in [3.8, 4) is 0 Å². The van der Waals surface area contributed by atoms with Gasteiger partial charge in [-0.2, -0.15) is 0 Å². The van der Waals surface area contributed by atoms with E-state index in [1.807, 2.05) is 35.0 Å². The predicted octanol–water partition coefficient (Wildman–Crippen LogP) is 1.75. The van der Waals surface area contributed by atoms with Crippen LogP contribution in [-0.4, -0.2) is 60.9 Å². The third-order valence-electron chi connectivity index (χ3n) is 4.50. The summed E-state index contributed by atoms with van der Waals surface area (Å²) in [5.74, 6) is 0.121. The Morgan fingerprint density at radius 2 is 1.30 bits per heavy atom. The van der Waals surface area contributed by atoms with Crippen LogP contribution in [0.4, 0.5) is 0 Å². The van der Waals surface area contributed by atoms with Crippen LogP contribution >= 0.6 is 22.7 Å². The maximum Gasteiger partial charge on any atom is 0.234 e. The molecular formula is C19H26N4O2S2. The maximum absolute atomic E-state index is 12.2. The molecule has 1 aliphatic rings. The molecule has 0 unspecified atom stereocenters. The monoisotopic (exact) mass is 406 g/mol. The summed E-state index contributed by atoms with van der Waals surface area (Å²) >= 11 is 3.30. The number of carbonyl (C=O) groups excluding carboxylic acids is 2. The Morgan fingerprint density at radius 1 is 0.815 bits per heavy atom. The number of amides is 2. The van der Waals surface area contributed by atoms with E-state index in [2.05, 4.69) is 20.4 Å². The molecule has 2 amide bonds. The van der Waals surface area contributed by atoms with Crippen LogP contribution in [0, 0.1) is 0 Å². The number of nitrogens with one attached hydrogen (secondary N) is 2. The highest BCUT2D eigenvalue weighted by atomic mass is 32.1. The normalized spacial score (nSPS) is 16.0. The van der Waals surface area contributed by atoms with Crippen molar-refractivity contribution < 1.29 is 9.59 Å². The first-order valence-electron chi connectivity index (χ1n) is 9.22. The molecule has 27 heavy (non-hydrogen) atoms. The van der Waals surface area contributed by atoms with Crippen LogP contribution in [0.2, 0.25) is 0 Å². The van der Waals surface area contributed by atoms with E-state index in [4.69, 9.17) is 0 Å². The van der Waals surface area contributed by atoms with Gasteiger partial charge < -0.3 is 10.6 Å². The highest BCUT2D eigenvalue weighted by Crippen LogP contribution is 2.09. The minimum atomic E-state index is 0.0607. The van der Waals surface area contributed by atoms with Gasteiger partial charge in [0.1, 0.15) is 0 Å². The quantitative estimate of drug-likeness (QED) is 0.701. The van der Waals surface area contributed by atoms with E-state index < -0.39 is 0 Å². The van der Waals surface area contributed by atoms with Gasteiger partial charge >= 0.3 is 0 Å². The number of carbonyl (C=O) groups is 2. The summed E-state index contributed by atoms with van der Waals surface area (Å²) in [6.07, 6.45) is 0.969. The van der Waals surface area contributed by atoms with Gasteiger partial charge in [-0.15, -0.1) is 22.7 Å². The Balaban J connectivity index is 1.34. The molecule has 8 heteroatoms. The van der Waals surface area contributed by atoms with Crippen molar-refractivity contribution in [2.24, 2.45) is 0 Å². The number of nitrogens with zero attached hydrogens (tertiary/aromatic N) is 2. The van der Waals surface area contributed by atoms with Gasteiger partial charge in [0.05, 0.1) is 26.2 Å². The second kappa shape index (κ2) is 10.6. The largest absolute Gasteiger partial charge is 0.350 e. The molecule has 0 bridgehead atoms. The molecule has 0 aromatic carbocycles. The van der Waals surface area contributed by atoms with Gasteiger partial charge in [0.2, 0.25) is 11.8 Å². The third-order valence-corrected chi connectivity index (χ3v) is 6.25. The van der Waals surface area contributed by atoms with Crippen molar-refractivity contribution in [1.29, 1.82) is 0 Å². The molecular weight excluding hydrogens is 380 g/mol. The van der Waals surface area contributed by atoms with E-state index >= 15 is 0 Å². The first kappa shape index (κ1) is 20.0. The fraction of sp³-hybridized carbons (Fsp3) is 0.474. The lowest BCUT2D eigenvalue weighted by Gasteiger charge is -2.21. The third kappa shape index (κ3) is 7.06. The molecule has 0 atom stereocenters.